The monoisotopic (exact) mass is 362 g/mol. The molecule has 4 rings (SSSR count). The Morgan fingerprint density at radius 3 is 2.56 bits per heavy atom. The molecule has 2 aromatic heterocycles. The van der Waals surface area contributed by atoms with Crippen LogP contribution in [-0.2, 0) is 25.8 Å². The summed E-state index contributed by atoms with van der Waals surface area (Å²) in [6.45, 7) is 3.87. The predicted molar refractivity (Wildman–Crippen MR) is 100 cm³/mol. The first-order valence-electron chi connectivity index (χ1n) is 9.29. The molecule has 0 unspecified atom stereocenters. The van der Waals surface area contributed by atoms with Crippen LogP contribution < -0.4 is 0 Å². The van der Waals surface area contributed by atoms with Crippen molar-refractivity contribution in [2.24, 2.45) is 0 Å². The van der Waals surface area contributed by atoms with Gasteiger partial charge in [0.25, 0.3) is 5.91 Å². The molecule has 7 nitrogen and oxygen atoms in total. The Morgan fingerprint density at radius 1 is 1.04 bits per heavy atom. The summed E-state index contributed by atoms with van der Waals surface area (Å²) in [6, 6.07) is 10.2. The van der Waals surface area contributed by atoms with Gasteiger partial charge in [0.15, 0.2) is 5.82 Å². The molecule has 0 atom stereocenters. The summed E-state index contributed by atoms with van der Waals surface area (Å²) >= 11 is 0. The number of hydrogen-bond acceptors (Lipinski definition) is 5. The lowest BCUT2D eigenvalue weighted by Crippen LogP contribution is -2.34. The van der Waals surface area contributed by atoms with Gasteiger partial charge in [-0.25, -0.2) is 19.6 Å². The average Bonchev–Trinajstić information content (AvgIpc) is 2.99. The van der Waals surface area contributed by atoms with Crippen molar-refractivity contribution in [3.8, 4) is 0 Å². The van der Waals surface area contributed by atoms with Crippen LogP contribution in [0.15, 0.2) is 42.7 Å². The fourth-order valence-electron chi connectivity index (χ4n) is 3.24. The molecular formula is C20H22N6O. The highest BCUT2D eigenvalue weighted by Gasteiger charge is 2.22. The largest absolute Gasteiger partial charge is 0.336 e. The highest BCUT2D eigenvalue weighted by atomic mass is 16.2. The Morgan fingerprint density at radius 2 is 1.81 bits per heavy atom. The lowest BCUT2D eigenvalue weighted by molar-refractivity contribution is 0.0757. The molecule has 0 aliphatic carbocycles. The van der Waals surface area contributed by atoms with E-state index >= 15 is 0 Å². The smallest absolute Gasteiger partial charge is 0.257 e. The fourth-order valence-corrected chi connectivity index (χ4v) is 3.24. The van der Waals surface area contributed by atoms with Crippen LogP contribution in [0, 0.1) is 0 Å². The first kappa shape index (κ1) is 17.3. The molecule has 7 heteroatoms. The lowest BCUT2D eigenvalue weighted by atomic mass is 10.1. The van der Waals surface area contributed by atoms with Gasteiger partial charge in [-0.05, 0) is 5.56 Å². The normalized spacial score (nSPS) is 13.9. The standard InChI is InChI=1S/C20H22N6O/c1-2-17-21-13-16(14-22-17)20(27)25-9-8-19-23-18(24-26(19)11-10-25)12-15-6-4-3-5-7-15/h3-7,13-14H,2,8-12H2,1H3. The van der Waals surface area contributed by atoms with Crippen LogP contribution in [0.1, 0.15) is 40.3 Å². The molecule has 1 amide bonds. The molecule has 0 saturated heterocycles. The molecule has 3 heterocycles. The van der Waals surface area contributed by atoms with Gasteiger partial charge in [-0.3, -0.25) is 4.79 Å². The van der Waals surface area contributed by atoms with Gasteiger partial charge in [0.2, 0.25) is 0 Å². The second-order valence-electron chi connectivity index (χ2n) is 6.61. The van der Waals surface area contributed by atoms with Crippen molar-refractivity contribution in [3.63, 3.8) is 0 Å². The van der Waals surface area contributed by atoms with E-state index < -0.39 is 0 Å². The third kappa shape index (κ3) is 3.86. The Bertz CT molecular complexity index is 894. The molecule has 0 saturated carbocycles. The Hall–Kier alpha value is -3.09. The zero-order valence-corrected chi connectivity index (χ0v) is 15.4. The van der Waals surface area contributed by atoms with E-state index in [1.807, 2.05) is 34.7 Å². The van der Waals surface area contributed by atoms with Gasteiger partial charge in [-0.1, -0.05) is 37.3 Å². The van der Waals surface area contributed by atoms with Crippen LogP contribution in [0.5, 0.6) is 0 Å². The number of benzene rings is 1. The van der Waals surface area contributed by atoms with Crippen molar-refractivity contribution in [2.45, 2.75) is 32.7 Å². The zero-order chi connectivity index (χ0) is 18.6. The van der Waals surface area contributed by atoms with E-state index in [-0.39, 0.29) is 5.91 Å². The van der Waals surface area contributed by atoms with Crippen molar-refractivity contribution in [1.29, 1.82) is 0 Å². The Balaban J connectivity index is 1.42. The summed E-state index contributed by atoms with van der Waals surface area (Å²) in [7, 11) is 0. The fraction of sp³-hybridized carbons (Fsp3) is 0.350. The molecule has 1 aliphatic heterocycles. The summed E-state index contributed by atoms with van der Waals surface area (Å²) in [5.41, 5.74) is 1.73. The maximum atomic E-state index is 12.7. The van der Waals surface area contributed by atoms with E-state index in [1.54, 1.807) is 12.4 Å². The first-order chi connectivity index (χ1) is 13.2. The van der Waals surface area contributed by atoms with Crippen LogP contribution in [0.2, 0.25) is 0 Å². The van der Waals surface area contributed by atoms with Crippen LogP contribution in [0.4, 0.5) is 0 Å². The maximum absolute atomic E-state index is 12.7. The average molecular weight is 362 g/mol. The second kappa shape index (κ2) is 7.65. The molecule has 0 spiro atoms. The maximum Gasteiger partial charge on any atom is 0.257 e. The molecule has 0 N–H and O–H groups in total. The predicted octanol–water partition coefficient (Wildman–Crippen LogP) is 1.92. The van der Waals surface area contributed by atoms with Crippen LogP contribution >= 0.6 is 0 Å². The van der Waals surface area contributed by atoms with Crippen molar-refractivity contribution >= 4 is 5.91 Å². The highest BCUT2D eigenvalue weighted by molar-refractivity contribution is 5.93. The third-order valence-electron chi connectivity index (χ3n) is 4.74. The van der Waals surface area contributed by atoms with Gasteiger partial charge >= 0.3 is 0 Å². The molecule has 0 bridgehead atoms. The summed E-state index contributed by atoms with van der Waals surface area (Å²) in [5, 5.41) is 4.64. The summed E-state index contributed by atoms with van der Waals surface area (Å²) < 4.78 is 1.93. The minimum atomic E-state index is -0.0343. The molecule has 1 aliphatic rings. The molecule has 3 aromatic rings. The van der Waals surface area contributed by atoms with Gasteiger partial charge in [0, 0.05) is 44.7 Å². The minimum Gasteiger partial charge on any atom is -0.336 e. The Labute approximate surface area is 158 Å². The number of aromatic nitrogens is 5. The number of rotatable bonds is 4. The number of carbonyl (C=O) groups is 1. The summed E-state index contributed by atoms with van der Waals surface area (Å²) in [6.07, 6.45) is 5.42. The van der Waals surface area contributed by atoms with E-state index in [9.17, 15) is 4.79 Å². The zero-order valence-electron chi connectivity index (χ0n) is 15.4. The quantitative estimate of drug-likeness (QED) is 0.709. The van der Waals surface area contributed by atoms with Crippen LogP contribution in [0.25, 0.3) is 0 Å². The number of amides is 1. The van der Waals surface area contributed by atoms with Crippen molar-refractivity contribution < 1.29 is 4.79 Å². The first-order valence-corrected chi connectivity index (χ1v) is 9.29. The van der Waals surface area contributed by atoms with E-state index in [2.05, 4.69) is 32.2 Å². The number of aryl methyl sites for hydroxylation is 1. The SMILES string of the molecule is CCc1ncc(C(=O)N2CCc3nc(Cc4ccccc4)nn3CC2)cn1. The molecule has 27 heavy (non-hydrogen) atoms. The molecular weight excluding hydrogens is 340 g/mol. The molecule has 138 valence electrons. The van der Waals surface area contributed by atoms with Crippen LogP contribution in [0.3, 0.4) is 0 Å². The van der Waals surface area contributed by atoms with Gasteiger partial charge in [0.05, 0.1) is 12.1 Å². The minimum absolute atomic E-state index is 0.0343. The molecule has 0 fully saturated rings. The number of nitrogens with zero attached hydrogens (tertiary/aromatic N) is 6. The van der Waals surface area contributed by atoms with Crippen LogP contribution in [-0.4, -0.2) is 48.6 Å². The number of hydrogen-bond donors (Lipinski definition) is 0. The van der Waals surface area contributed by atoms with Crippen molar-refractivity contribution in [1.82, 2.24) is 29.6 Å². The third-order valence-corrected chi connectivity index (χ3v) is 4.74. The van der Waals surface area contributed by atoms with Gasteiger partial charge in [-0.2, -0.15) is 5.10 Å². The van der Waals surface area contributed by atoms with E-state index in [0.29, 0.717) is 31.6 Å². The molecule has 1 aromatic carbocycles. The van der Waals surface area contributed by atoms with Crippen molar-refractivity contribution in [3.05, 3.63) is 71.3 Å². The van der Waals surface area contributed by atoms with E-state index in [1.165, 1.54) is 5.56 Å². The summed E-state index contributed by atoms with van der Waals surface area (Å²) in [4.78, 5) is 27.7. The van der Waals surface area contributed by atoms with Gasteiger partial charge in [-0.15, -0.1) is 0 Å². The van der Waals surface area contributed by atoms with E-state index in [0.717, 1.165) is 30.3 Å². The number of carbonyl (C=O) groups excluding carboxylic acids is 1. The highest BCUT2D eigenvalue weighted by Crippen LogP contribution is 2.12. The van der Waals surface area contributed by atoms with Gasteiger partial charge in [0.1, 0.15) is 11.6 Å². The van der Waals surface area contributed by atoms with Gasteiger partial charge < -0.3 is 4.90 Å². The number of fused-ring (bicyclic) bond motifs is 1. The molecule has 0 radical (unpaired) electrons. The lowest BCUT2D eigenvalue weighted by Gasteiger charge is -2.19. The summed E-state index contributed by atoms with van der Waals surface area (Å²) in [5.74, 6) is 2.49. The second-order valence-corrected chi connectivity index (χ2v) is 6.61. The Kier molecular flexibility index (Phi) is 4.91. The topological polar surface area (TPSA) is 76.8 Å². The van der Waals surface area contributed by atoms with Crippen molar-refractivity contribution in [2.75, 3.05) is 13.1 Å². The van der Waals surface area contributed by atoms with E-state index in [4.69, 9.17) is 0 Å².